The zero-order valence-corrected chi connectivity index (χ0v) is 9.89. The van der Waals surface area contributed by atoms with Gasteiger partial charge in [0.1, 0.15) is 5.82 Å². The second-order valence-corrected chi connectivity index (χ2v) is 5.20. The summed E-state index contributed by atoms with van der Waals surface area (Å²) in [7, 11) is 0. The van der Waals surface area contributed by atoms with Crippen LogP contribution in [0.2, 0.25) is 0 Å². The number of nitrogens with zero attached hydrogens (tertiary/aromatic N) is 2. The first kappa shape index (κ1) is 11.6. The minimum absolute atomic E-state index is 0.0980. The highest BCUT2D eigenvalue weighted by Gasteiger charge is 2.30. The van der Waals surface area contributed by atoms with E-state index in [1.165, 1.54) is 18.2 Å². The van der Waals surface area contributed by atoms with Crippen LogP contribution in [0.25, 0.3) is 11.5 Å². The Morgan fingerprint density at radius 3 is 2.50 bits per heavy atom. The average molecular weight is 282 g/mol. The molecule has 0 aliphatic heterocycles. The van der Waals surface area contributed by atoms with Gasteiger partial charge in [0.05, 0.1) is 0 Å². The Morgan fingerprint density at radius 2 is 1.94 bits per heavy atom. The standard InChI is InChI=1S/C9H4Cl3FN2O/c10-9(11,12)8-15-14-7(16-8)5-2-1-3-6(13)4-5/h1-4H. The van der Waals surface area contributed by atoms with Crippen molar-refractivity contribution >= 4 is 34.8 Å². The van der Waals surface area contributed by atoms with Gasteiger partial charge in [-0.1, -0.05) is 40.9 Å². The molecule has 1 heterocycles. The minimum atomic E-state index is -1.78. The van der Waals surface area contributed by atoms with E-state index < -0.39 is 9.61 Å². The molecule has 0 fully saturated rings. The topological polar surface area (TPSA) is 38.9 Å². The quantitative estimate of drug-likeness (QED) is 0.748. The van der Waals surface area contributed by atoms with Gasteiger partial charge in [-0.25, -0.2) is 4.39 Å². The van der Waals surface area contributed by atoms with Crippen molar-refractivity contribution in [3.8, 4) is 11.5 Å². The van der Waals surface area contributed by atoms with Gasteiger partial charge in [-0.3, -0.25) is 0 Å². The Balaban J connectivity index is 2.39. The number of halogens is 4. The second kappa shape index (κ2) is 4.20. The molecule has 1 aromatic heterocycles. The monoisotopic (exact) mass is 280 g/mol. The van der Waals surface area contributed by atoms with Crippen LogP contribution in [0.5, 0.6) is 0 Å². The molecular weight excluding hydrogens is 277 g/mol. The van der Waals surface area contributed by atoms with Crippen LogP contribution in [0, 0.1) is 5.82 Å². The zero-order valence-electron chi connectivity index (χ0n) is 7.62. The van der Waals surface area contributed by atoms with Crippen molar-refractivity contribution in [1.29, 1.82) is 0 Å². The van der Waals surface area contributed by atoms with Crippen LogP contribution < -0.4 is 0 Å². The smallest absolute Gasteiger partial charge is 0.268 e. The van der Waals surface area contributed by atoms with E-state index in [-0.39, 0.29) is 11.8 Å². The third-order valence-electron chi connectivity index (χ3n) is 1.74. The highest BCUT2D eigenvalue weighted by molar-refractivity contribution is 6.66. The van der Waals surface area contributed by atoms with Gasteiger partial charge >= 0.3 is 0 Å². The average Bonchev–Trinajstić information content (AvgIpc) is 2.65. The van der Waals surface area contributed by atoms with Crippen LogP contribution >= 0.6 is 34.8 Å². The molecule has 0 N–H and O–H groups in total. The molecule has 16 heavy (non-hydrogen) atoms. The summed E-state index contributed by atoms with van der Waals surface area (Å²) in [5, 5.41) is 7.22. The van der Waals surface area contributed by atoms with Gasteiger partial charge in [0.25, 0.3) is 9.68 Å². The van der Waals surface area contributed by atoms with Crippen LogP contribution in [0.15, 0.2) is 28.7 Å². The van der Waals surface area contributed by atoms with E-state index in [4.69, 9.17) is 39.2 Å². The normalized spacial score (nSPS) is 11.8. The van der Waals surface area contributed by atoms with Crippen molar-refractivity contribution in [3.05, 3.63) is 36.0 Å². The third kappa shape index (κ3) is 2.45. The van der Waals surface area contributed by atoms with Gasteiger partial charge in [-0.15, -0.1) is 10.2 Å². The van der Waals surface area contributed by atoms with Crippen molar-refractivity contribution in [1.82, 2.24) is 10.2 Å². The largest absolute Gasteiger partial charge is 0.416 e. The Bertz CT molecular complexity index is 509. The lowest BCUT2D eigenvalue weighted by molar-refractivity contribution is 0.513. The minimum Gasteiger partial charge on any atom is -0.416 e. The number of rotatable bonds is 1. The predicted octanol–water partition coefficient (Wildman–Crippen LogP) is 3.70. The molecule has 0 saturated carbocycles. The summed E-state index contributed by atoms with van der Waals surface area (Å²) in [5.74, 6) is -0.469. The Labute approximate surface area is 105 Å². The molecule has 0 radical (unpaired) electrons. The molecule has 0 aliphatic rings. The first-order valence-electron chi connectivity index (χ1n) is 4.13. The van der Waals surface area contributed by atoms with Crippen molar-refractivity contribution in [2.24, 2.45) is 0 Å². The molecule has 0 atom stereocenters. The summed E-state index contributed by atoms with van der Waals surface area (Å²) in [6.45, 7) is 0. The molecular formula is C9H4Cl3FN2O. The number of hydrogen-bond donors (Lipinski definition) is 0. The number of hydrogen-bond acceptors (Lipinski definition) is 3. The van der Waals surface area contributed by atoms with Gasteiger partial charge < -0.3 is 4.42 Å². The predicted molar refractivity (Wildman–Crippen MR) is 58.9 cm³/mol. The fourth-order valence-electron chi connectivity index (χ4n) is 1.08. The zero-order chi connectivity index (χ0) is 11.8. The first-order valence-corrected chi connectivity index (χ1v) is 5.27. The number of benzene rings is 1. The number of alkyl halides is 3. The Hall–Kier alpha value is -0.840. The van der Waals surface area contributed by atoms with Crippen molar-refractivity contribution < 1.29 is 8.81 Å². The second-order valence-electron chi connectivity index (χ2n) is 2.92. The van der Waals surface area contributed by atoms with Crippen LogP contribution in [-0.2, 0) is 3.79 Å². The molecule has 0 bridgehead atoms. The summed E-state index contributed by atoms with van der Waals surface area (Å²) in [5.41, 5.74) is 0.424. The maximum Gasteiger partial charge on any atom is 0.268 e. The van der Waals surface area contributed by atoms with E-state index in [1.54, 1.807) is 6.07 Å². The Kier molecular flexibility index (Phi) is 3.06. The lowest BCUT2D eigenvalue weighted by Crippen LogP contribution is -1.99. The molecule has 3 nitrogen and oxygen atoms in total. The van der Waals surface area contributed by atoms with E-state index in [0.717, 1.165) is 0 Å². The summed E-state index contributed by atoms with van der Waals surface area (Å²) < 4.78 is 16.3. The summed E-state index contributed by atoms with van der Waals surface area (Å²) >= 11 is 16.7. The van der Waals surface area contributed by atoms with Gasteiger partial charge in [-0.2, -0.15) is 0 Å². The number of aromatic nitrogens is 2. The maximum absolute atomic E-state index is 12.9. The summed E-state index contributed by atoms with van der Waals surface area (Å²) in [6.07, 6.45) is 0. The molecule has 0 spiro atoms. The molecule has 0 amide bonds. The van der Waals surface area contributed by atoms with E-state index in [1.807, 2.05) is 0 Å². The third-order valence-corrected chi connectivity index (χ3v) is 2.22. The summed E-state index contributed by atoms with van der Waals surface area (Å²) in [6, 6.07) is 5.67. The van der Waals surface area contributed by atoms with Gasteiger partial charge in [0, 0.05) is 5.56 Å². The lowest BCUT2D eigenvalue weighted by Gasteiger charge is -2.02. The highest BCUT2D eigenvalue weighted by Crippen LogP contribution is 2.38. The van der Waals surface area contributed by atoms with Crippen molar-refractivity contribution in [3.63, 3.8) is 0 Å². The van der Waals surface area contributed by atoms with Gasteiger partial charge in [0.15, 0.2) is 0 Å². The Morgan fingerprint density at radius 1 is 1.19 bits per heavy atom. The molecule has 7 heteroatoms. The highest BCUT2D eigenvalue weighted by atomic mass is 35.6. The fourth-order valence-corrected chi connectivity index (χ4v) is 1.31. The van der Waals surface area contributed by atoms with Crippen molar-refractivity contribution in [2.45, 2.75) is 3.79 Å². The van der Waals surface area contributed by atoms with Crippen LogP contribution in [0.4, 0.5) is 4.39 Å². The molecule has 2 aromatic rings. The van der Waals surface area contributed by atoms with E-state index in [0.29, 0.717) is 5.56 Å². The molecule has 0 unspecified atom stereocenters. The first-order chi connectivity index (χ1) is 7.47. The van der Waals surface area contributed by atoms with E-state index >= 15 is 0 Å². The van der Waals surface area contributed by atoms with Crippen LogP contribution in [0.3, 0.4) is 0 Å². The molecule has 0 saturated heterocycles. The maximum atomic E-state index is 12.9. The molecule has 1 aromatic carbocycles. The SMILES string of the molecule is Fc1cccc(-c2nnc(C(Cl)(Cl)Cl)o2)c1. The van der Waals surface area contributed by atoms with Crippen molar-refractivity contribution in [2.75, 3.05) is 0 Å². The lowest BCUT2D eigenvalue weighted by atomic mass is 10.2. The van der Waals surface area contributed by atoms with Crippen LogP contribution in [0.1, 0.15) is 5.89 Å². The van der Waals surface area contributed by atoms with Crippen LogP contribution in [-0.4, -0.2) is 10.2 Å². The molecule has 0 aliphatic carbocycles. The van der Waals surface area contributed by atoms with E-state index in [2.05, 4.69) is 10.2 Å². The molecule has 84 valence electrons. The van der Waals surface area contributed by atoms with E-state index in [9.17, 15) is 4.39 Å². The summed E-state index contributed by atoms with van der Waals surface area (Å²) in [4.78, 5) is 0. The van der Waals surface area contributed by atoms with Gasteiger partial charge in [0.2, 0.25) is 5.89 Å². The fraction of sp³-hybridized carbons (Fsp3) is 0.111. The van der Waals surface area contributed by atoms with Gasteiger partial charge in [-0.05, 0) is 18.2 Å². The molecule has 2 rings (SSSR count).